The first-order valence-corrected chi connectivity index (χ1v) is 11.7. The Kier molecular flexibility index (Phi) is 9.03. The molecule has 0 saturated carbocycles. The van der Waals surface area contributed by atoms with Crippen LogP contribution in [0.4, 0.5) is 0 Å². The Bertz CT molecular complexity index is 940. The highest BCUT2D eigenvalue weighted by molar-refractivity contribution is 5.67. The molecule has 0 radical (unpaired) electrons. The Hall–Kier alpha value is -2.70. The lowest BCUT2D eigenvalue weighted by Gasteiger charge is -2.35. The van der Waals surface area contributed by atoms with E-state index < -0.39 is 18.3 Å². The summed E-state index contributed by atoms with van der Waals surface area (Å²) < 4.78 is 16.9. The van der Waals surface area contributed by atoms with Crippen molar-refractivity contribution in [1.82, 2.24) is 0 Å². The fraction of sp³-hybridized carbons (Fsp3) is 0.481. The van der Waals surface area contributed by atoms with Crippen molar-refractivity contribution < 1.29 is 23.8 Å². The average molecular weight is 454 g/mol. The van der Waals surface area contributed by atoms with Gasteiger partial charge in [-0.2, -0.15) is 0 Å². The van der Waals surface area contributed by atoms with Crippen molar-refractivity contribution in [1.29, 1.82) is 0 Å². The van der Waals surface area contributed by atoms with E-state index in [1.807, 2.05) is 6.07 Å². The highest BCUT2D eigenvalue weighted by Gasteiger charge is 2.36. The van der Waals surface area contributed by atoms with E-state index in [2.05, 4.69) is 43.3 Å². The summed E-state index contributed by atoms with van der Waals surface area (Å²) in [6.07, 6.45) is 3.11. The molecule has 3 rings (SSSR count). The molecule has 0 aromatic heterocycles. The summed E-state index contributed by atoms with van der Waals surface area (Å²) in [6.45, 7) is 5.86. The van der Waals surface area contributed by atoms with Gasteiger partial charge in [-0.1, -0.05) is 42.5 Å². The lowest BCUT2D eigenvalue weighted by molar-refractivity contribution is -0.183. The fourth-order valence-corrected chi connectivity index (χ4v) is 4.30. The Labute approximate surface area is 196 Å². The number of carbonyl (C=O) groups excluding carboxylic acids is 2. The number of nitrogens with two attached hydrogens (primary N) is 1. The molecule has 1 aliphatic heterocycles. The average Bonchev–Trinajstić information content (AvgIpc) is 2.76. The summed E-state index contributed by atoms with van der Waals surface area (Å²) in [5.41, 5.74) is 11.5. The first-order valence-electron chi connectivity index (χ1n) is 11.7. The number of benzene rings is 2. The highest BCUT2D eigenvalue weighted by atomic mass is 16.6. The fourth-order valence-electron chi connectivity index (χ4n) is 4.30. The molecular weight excluding hydrogens is 418 g/mol. The summed E-state index contributed by atoms with van der Waals surface area (Å²) >= 11 is 0. The Morgan fingerprint density at radius 2 is 1.70 bits per heavy atom. The minimum atomic E-state index is -0.510. The van der Waals surface area contributed by atoms with Crippen LogP contribution in [0.25, 0.3) is 0 Å². The monoisotopic (exact) mass is 453 g/mol. The Morgan fingerprint density at radius 3 is 2.36 bits per heavy atom. The summed E-state index contributed by atoms with van der Waals surface area (Å²) in [7, 11) is 0. The number of hydrogen-bond acceptors (Lipinski definition) is 6. The normalized spacial score (nSPS) is 20.3. The molecule has 33 heavy (non-hydrogen) atoms. The first kappa shape index (κ1) is 24.9. The van der Waals surface area contributed by atoms with Gasteiger partial charge in [-0.3, -0.25) is 9.59 Å². The van der Waals surface area contributed by atoms with Gasteiger partial charge in [0.25, 0.3) is 0 Å². The second-order valence-corrected chi connectivity index (χ2v) is 8.79. The lowest BCUT2D eigenvalue weighted by atomic mass is 9.92. The molecule has 2 aromatic carbocycles. The van der Waals surface area contributed by atoms with Gasteiger partial charge in [-0.25, -0.2) is 0 Å². The van der Waals surface area contributed by atoms with Crippen molar-refractivity contribution in [3.63, 3.8) is 0 Å². The van der Waals surface area contributed by atoms with E-state index in [0.29, 0.717) is 6.42 Å². The van der Waals surface area contributed by atoms with Gasteiger partial charge >= 0.3 is 11.9 Å². The van der Waals surface area contributed by atoms with Crippen molar-refractivity contribution in [2.24, 2.45) is 5.73 Å². The van der Waals surface area contributed by atoms with Crippen LogP contribution < -0.4 is 5.73 Å². The molecule has 2 N–H and O–H groups in total. The van der Waals surface area contributed by atoms with E-state index in [9.17, 15) is 9.59 Å². The zero-order valence-electron chi connectivity index (χ0n) is 19.8. The number of ether oxygens (including phenoxy) is 3. The SMILES string of the molecule is CC(=O)O[C@@H]1CO[C@@H](c2ccc(C)c(Cc3ccc(CCCCN)cc3)c2)[C@H](OC(C)=O)C1. The molecule has 6 nitrogen and oxygen atoms in total. The molecule has 0 unspecified atom stereocenters. The molecule has 1 aliphatic rings. The molecule has 0 bridgehead atoms. The number of aryl methyl sites for hydroxylation is 2. The molecule has 0 aliphatic carbocycles. The van der Waals surface area contributed by atoms with Gasteiger partial charge in [0, 0.05) is 20.3 Å². The molecule has 2 aromatic rings. The third-order valence-electron chi connectivity index (χ3n) is 5.98. The second-order valence-electron chi connectivity index (χ2n) is 8.79. The molecule has 3 atom stereocenters. The van der Waals surface area contributed by atoms with Crippen LogP contribution in [0.15, 0.2) is 42.5 Å². The zero-order chi connectivity index (χ0) is 23.8. The van der Waals surface area contributed by atoms with Crippen molar-refractivity contribution in [3.8, 4) is 0 Å². The first-order chi connectivity index (χ1) is 15.9. The number of esters is 2. The molecule has 0 spiro atoms. The maximum atomic E-state index is 11.7. The van der Waals surface area contributed by atoms with Gasteiger partial charge in [0.15, 0.2) is 0 Å². The number of rotatable bonds is 9. The van der Waals surface area contributed by atoms with E-state index in [1.165, 1.54) is 36.1 Å². The second kappa shape index (κ2) is 12.0. The highest BCUT2D eigenvalue weighted by Crippen LogP contribution is 2.33. The summed E-state index contributed by atoms with van der Waals surface area (Å²) in [4.78, 5) is 23.0. The third kappa shape index (κ3) is 7.41. The topological polar surface area (TPSA) is 87.8 Å². The van der Waals surface area contributed by atoms with Gasteiger partial charge in [0.2, 0.25) is 0 Å². The van der Waals surface area contributed by atoms with Crippen LogP contribution in [0.2, 0.25) is 0 Å². The Morgan fingerprint density at radius 1 is 1.00 bits per heavy atom. The molecule has 6 heteroatoms. The number of unbranched alkanes of at least 4 members (excludes halogenated alkanes) is 1. The predicted octanol–water partition coefficient (Wildman–Crippen LogP) is 4.19. The zero-order valence-corrected chi connectivity index (χ0v) is 19.8. The predicted molar refractivity (Wildman–Crippen MR) is 127 cm³/mol. The smallest absolute Gasteiger partial charge is 0.303 e. The molecular formula is C27H35NO5. The van der Waals surface area contributed by atoms with Gasteiger partial charge in [-0.15, -0.1) is 0 Å². The maximum absolute atomic E-state index is 11.7. The van der Waals surface area contributed by atoms with Crippen molar-refractivity contribution in [2.75, 3.05) is 13.2 Å². The minimum Gasteiger partial charge on any atom is -0.460 e. The molecule has 0 amide bonds. The summed E-state index contributed by atoms with van der Waals surface area (Å²) in [5, 5.41) is 0. The lowest BCUT2D eigenvalue weighted by Crippen LogP contribution is -2.40. The van der Waals surface area contributed by atoms with Crippen molar-refractivity contribution >= 4 is 11.9 Å². The van der Waals surface area contributed by atoms with Crippen LogP contribution >= 0.6 is 0 Å². The van der Waals surface area contributed by atoms with Crippen LogP contribution in [0.5, 0.6) is 0 Å². The molecule has 1 saturated heterocycles. The molecule has 1 fully saturated rings. The van der Waals surface area contributed by atoms with E-state index in [1.54, 1.807) is 0 Å². The largest absolute Gasteiger partial charge is 0.460 e. The minimum absolute atomic E-state index is 0.275. The van der Waals surface area contributed by atoms with Gasteiger partial charge in [-0.05, 0) is 67.0 Å². The van der Waals surface area contributed by atoms with E-state index in [-0.39, 0.29) is 18.5 Å². The van der Waals surface area contributed by atoms with Crippen molar-refractivity contribution in [2.45, 2.75) is 71.2 Å². The van der Waals surface area contributed by atoms with E-state index in [4.69, 9.17) is 19.9 Å². The molecule has 1 heterocycles. The van der Waals surface area contributed by atoms with Gasteiger partial charge < -0.3 is 19.9 Å². The Balaban J connectivity index is 1.74. The molecule has 178 valence electrons. The van der Waals surface area contributed by atoms with Crippen LogP contribution in [-0.2, 0) is 36.6 Å². The standard InChI is InChI=1S/C27H35NO5/c1-18-7-12-23(27-26(33-20(3)30)16-25(17-31-27)32-19(2)29)15-24(18)14-22-10-8-21(9-11-22)6-4-5-13-28/h7-12,15,25-27H,4-6,13-14,16-17,28H2,1-3H3/t25-,26+,27-/m0/s1. The van der Waals surface area contributed by atoms with Crippen LogP contribution in [0.3, 0.4) is 0 Å². The quantitative estimate of drug-likeness (QED) is 0.452. The van der Waals surface area contributed by atoms with E-state index >= 15 is 0 Å². The summed E-state index contributed by atoms with van der Waals surface area (Å²) in [5.74, 6) is -0.748. The van der Waals surface area contributed by atoms with Gasteiger partial charge in [0.05, 0.1) is 6.61 Å². The maximum Gasteiger partial charge on any atom is 0.303 e. The van der Waals surface area contributed by atoms with Crippen LogP contribution in [-0.4, -0.2) is 37.3 Å². The third-order valence-corrected chi connectivity index (χ3v) is 5.98. The number of hydrogen-bond donors (Lipinski definition) is 1. The van der Waals surface area contributed by atoms with Crippen LogP contribution in [0.1, 0.15) is 67.0 Å². The summed E-state index contributed by atoms with van der Waals surface area (Å²) in [6, 6.07) is 15.0. The number of carbonyl (C=O) groups is 2. The van der Waals surface area contributed by atoms with E-state index in [0.717, 1.165) is 37.8 Å². The van der Waals surface area contributed by atoms with Gasteiger partial charge in [0.1, 0.15) is 18.3 Å². The van der Waals surface area contributed by atoms with Crippen molar-refractivity contribution in [3.05, 3.63) is 70.3 Å². The van der Waals surface area contributed by atoms with Crippen LogP contribution in [0, 0.1) is 6.92 Å².